The van der Waals surface area contributed by atoms with Gasteiger partial charge in [-0.2, -0.15) is 21.6 Å². The first-order valence-electron chi connectivity index (χ1n) is 5.19. The number of nitrogens with one attached hydrogen (secondary N) is 1. The highest BCUT2D eigenvalue weighted by atomic mass is 32.2. The number of carbonyl (C=O) groups is 1. The summed E-state index contributed by atoms with van der Waals surface area (Å²) in [5.74, 6) is -1.09. The second kappa shape index (κ2) is 5.16. The van der Waals surface area contributed by atoms with Crippen molar-refractivity contribution in [1.29, 1.82) is 0 Å². The van der Waals surface area contributed by atoms with Crippen molar-refractivity contribution < 1.29 is 30.8 Å². The van der Waals surface area contributed by atoms with Gasteiger partial charge < -0.3 is 4.42 Å². The van der Waals surface area contributed by atoms with E-state index in [1.165, 1.54) is 0 Å². The van der Waals surface area contributed by atoms with Crippen molar-refractivity contribution in [2.45, 2.75) is 11.2 Å². The van der Waals surface area contributed by atoms with E-state index in [-0.39, 0.29) is 5.69 Å². The zero-order valence-electron chi connectivity index (χ0n) is 9.96. The van der Waals surface area contributed by atoms with Gasteiger partial charge >= 0.3 is 6.18 Å². The van der Waals surface area contributed by atoms with Crippen LogP contribution in [-0.4, -0.2) is 24.3 Å². The molecule has 0 fully saturated rings. The number of oxazole rings is 1. The number of rotatable bonds is 3. The first-order chi connectivity index (χ1) is 9.70. The fourth-order valence-electron chi connectivity index (χ4n) is 1.26. The van der Waals surface area contributed by atoms with Crippen LogP contribution >= 0.6 is 0 Å². The van der Waals surface area contributed by atoms with Gasteiger partial charge in [0.2, 0.25) is 0 Å². The Kier molecular flexibility index (Phi) is 3.68. The predicted molar refractivity (Wildman–Crippen MR) is 60.4 cm³/mol. The molecule has 2 aromatic heterocycles. The average Bonchev–Trinajstić information content (AvgIpc) is 2.91. The number of nitrogens with zero attached hydrogens (tertiary/aromatic N) is 2. The van der Waals surface area contributed by atoms with Crippen LogP contribution in [0.4, 0.5) is 13.2 Å². The predicted octanol–water partition coefficient (Wildman–Crippen LogP) is 1.21. The fraction of sp³-hybridized carbons (Fsp3) is 0.100. The first kappa shape index (κ1) is 15.0. The maximum atomic E-state index is 12.3. The average molecular weight is 321 g/mol. The van der Waals surface area contributed by atoms with Crippen molar-refractivity contribution in [1.82, 2.24) is 14.7 Å². The summed E-state index contributed by atoms with van der Waals surface area (Å²) in [6.45, 7) is 0. The quantitative estimate of drug-likeness (QED) is 0.911. The minimum Gasteiger partial charge on any atom is -0.451 e. The molecular weight excluding hydrogens is 315 g/mol. The Balaban J connectivity index is 2.22. The zero-order chi connectivity index (χ0) is 15.7. The lowest BCUT2D eigenvalue weighted by Crippen LogP contribution is -2.31. The van der Waals surface area contributed by atoms with Crippen LogP contribution in [0.15, 0.2) is 40.4 Å². The Morgan fingerprint density at radius 2 is 1.95 bits per heavy atom. The largest absolute Gasteiger partial charge is 0.451 e. The SMILES string of the molecule is O=C(NS(=O)(=O)c1ccc(C(F)(F)F)cn1)c1cocn1. The lowest BCUT2D eigenvalue weighted by Gasteiger charge is -2.07. The standard InChI is InChI=1S/C10H6F3N3O4S/c11-10(12,13)6-1-2-8(14-3-6)21(18,19)16-9(17)7-4-20-5-15-7/h1-5H,(H,16,17). The molecule has 2 heterocycles. The highest BCUT2D eigenvalue weighted by Crippen LogP contribution is 2.28. The lowest BCUT2D eigenvalue weighted by atomic mass is 10.3. The van der Waals surface area contributed by atoms with Crippen LogP contribution < -0.4 is 4.72 Å². The summed E-state index contributed by atoms with van der Waals surface area (Å²) in [5, 5.41) is -0.729. The van der Waals surface area contributed by atoms with Crippen LogP contribution in [0.1, 0.15) is 16.1 Å². The van der Waals surface area contributed by atoms with Crippen molar-refractivity contribution in [3.8, 4) is 0 Å². The monoisotopic (exact) mass is 321 g/mol. The number of amides is 1. The minimum absolute atomic E-state index is 0.300. The molecule has 1 amide bonds. The molecule has 0 bridgehead atoms. The van der Waals surface area contributed by atoms with E-state index in [4.69, 9.17) is 0 Å². The zero-order valence-corrected chi connectivity index (χ0v) is 10.8. The van der Waals surface area contributed by atoms with Gasteiger partial charge in [0.15, 0.2) is 17.1 Å². The normalized spacial score (nSPS) is 12.1. The van der Waals surface area contributed by atoms with E-state index in [9.17, 15) is 26.4 Å². The molecule has 21 heavy (non-hydrogen) atoms. The van der Waals surface area contributed by atoms with Gasteiger partial charge in [-0.05, 0) is 12.1 Å². The van der Waals surface area contributed by atoms with Crippen LogP contribution in [0, 0.1) is 0 Å². The Morgan fingerprint density at radius 3 is 2.43 bits per heavy atom. The fourth-order valence-corrected chi connectivity index (χ4v) is 2.15. The Hall–Kier alpha value is -2.43. The number of hydrogen-bond acceptors (Lipinski definition) is 6. The summed E-state index contributed by atoms with van der Waals surface area (Å²) in [6.07, 6.45) is -2.46. The van der Waals surface area contributed by atoms with Gasteiger partial charge in [-0.3, -0.25) is 4.79 Å². The van der Waals surface area contributed by atoms with Crippen molar-refractivity contribution in [2.75, 3.05) is 0 Å². The molecular formula is C10H6F3N3O4S. The van der Waals surface area contributed by atoms with Crippen LogP contribution in [0.25, 0.3) is 0 Å². The molecule has 0 radical (unpaired) electrons. The Bertz CT molecular complexity index is 739. The van der Waals surface area contributed by atoms with Gasteiger partial charge in [0.1, 0.15) is 6.26 Å². The number of carbonyl (C=O) groups excluding carboxylic acids is 1. The molecule has 0 saturated heterocycles. The molecule has 0 atom stereocenters. The smallest absolute Gasteiger partial charge is 0.417 e. The molecule has 7 nitrogen and oxygen atoms in total. The molecule has 0 saturated carbocycles. The third-order valence-corrected chi connectivity index (χ3v) is 3.48. The van der Waals surface area contributed by atoms with Crippen LogP contribution in [-0.2, 0) is 16.2 Å². The van der Waals surface area contributed by atoms with Crippen LogP contribution in [0.3, 0.4) is 0 Å². The van der Waals surface area contributed by atoms with E-state index >= 15 is 0 Å². The Morgan fingerprint density at radius 1 is 1.24 bits per heavy atom. The van der Waals surface area contributed by atoms with Gasteiger partial charge in [0.05, 0.1) is 5.56 Å². The molecule has 11 heteroatoms. The van der Waals surface area contributed by atoms with E-state index in [2.05, 4.69) is 14.4 Å². The first-order valence-corrected chi connectivity index (χ1v) is 6.67. The highest BCUT2D eigenvalue weighted by molar-refractivity contribution is 7.90. The van der Waals surface area contributed by atoms with E-state index in [0.29, 0.717) is 18.3 Å². The molecule has 0 aliphatic carbocycles. The van der Waals surface area contributed by atoms with E-state index in [1.807, 2.05) is 0 Å². The second-order valence-corrected chi connectivity index (χ2v) is 5.32. The summed E-state index contributed by atoms with van der Waals surface area (Å²) in [5.41, 5.74) is -1.41. The molecule has 1 N–H and O–H groups in total. The maximum Gasteiger partial charge on any atom is 0.417 e. The summed E-state index contributed by atoms with van der Waals surface area (Å²) in [4.78, 5) is 18.1. The lowest BCUT2D eigenvalue weighted by molar-refractivity contribution is -0.137. The van der Waals surface area contributed by atoms with Crippen molar-refractivity contribution in [3.63, 3.8) is 0 Å². The van der Waals surface area contributed by atoms with Gasteiger partial charge in [0.25, 0.3) is 15.9 Å². The third-order valence-electron chi connectivity index (χ3n) is 2.23. The topological polar surface area (TPSA) is 102 Å². The molecule has 0 aliphatic heterocycles. The summed E-state index contributed by atoms with van der Waals surface area (Å²) in [7, 11) is -4.41. The summed E-state index contributed by atoms with van der Waals surface area (Å²) in [6, 6.07) is 1.18. The number of alkyl halides is 3. The second-order valence-electron chi connectivity index (χ2n) is 3.69. The van der Waals surface area contributed by atoms with Crippen LogP contribution in [0.2, 0.25) is 0 Å². The minimum atomic E-state index is -4.64. The number of hydrogen-bond donors (Lipinski definition) is 1. The number of sulfonamides is 1. The van der Waals surface area contributed by atoms with Crippen molar-refractivity contribution in [3.05, 3.63) is 42.2 Å². The molecule has 2 rings (SSSR count). The molecule has 112 valence electrons. The van der Waals surface area contributed by atoms with E-state index < -0.39 is 32.7 Å². The number of halogens is 3. The van der Waals surface area contributed by atoms with Gasteiger partial charge in [0, 0.05) is 6.20 Å². The summed E-state index contributed by atoms with van der Waals surface area (Å²) < 4.78 is 66.6. The molecule has 2 aromatic rings. The molecule has 0 unspecified atom stereocenters. The van der Waals surface area contributed by atoms with Gasteiger partial charge in [-0.15, -0.1) is 0 Å². The van der Waals surface area contributed by atoms with Crippen molar-refractivity contribution >= 4 is 15.9 Å². The molecule has 0 aliphatic rings. The number of pyridine rings is 1. The van der Waals surface area contributed by atoms with E-state index in [1.54, 1.807) is 4.72 Å². The van der Waals surface area contributed by atoms with Crippen molar-refractivity contribution in [2.24, 2.45) is 0 Å². The Labute approximate surface area is 115 Å². The molecule has 0 spiro atoms. The summed E-state index contributed by atoms with van der Waals surface area (Å²) >= 11 is 0. The van der Waals surface area contributed by atoms with Gasteiger partial charge in [-0.25, -0.2) is 14.7 Å². The maximum absolute atomic E-state index is 12.3. The van der Waals surface area contributed by atoms with E-state index in [0.717, 1.165) is 12.7 Å². The van der Waals surface area contributed by atoms with Gasteiger partial charge in [-0.1, -0.05) is 0 Å². The third kappa shape index (κ3) is 3.37. The highest BCUT2D eigenvalue weighted by Gasteiger charge is 2.31. The molecule has 0 aromatic carbocycles. The number of aromatic nitrogens is 2. The van der Waals surface area contributed by atoms with Crippen LogP contribution in [0.5, 0.6) is 0 Å².